The highest BCUT2D eigenvalue weighted by Gasteiger charge is 2.23. The molecule has 5 nitrogen and oxygen atoms in total. The molecule has 0 spiro atoms. The van der Waals surface area contributed by atoms with E-state index >= 15 is 0 Å². The minimum Gasteiger partial charge on any atom is -0.396 e. The normalized spacial score (nSPS) is 25.9. The standard InChI is InChI=1S/C11H20N4O/c1-15-7-10(13-14-15)6-12-11-5-3-2-4-9(11)8-16/h7,9,11-12,16H,2-6,8H2,1H3. The van der Waals surface area contributed by atoms with Gasteiger partial charge in [-0.1, -0.05) is 18.1 Å². The van der Waals surface area contributed by atoms with Crippen LogP contribution in [-0.4, -0.2) is 32.7 Å². The van der Waals surface area contributed by atoms with Crippen LogP contribution >= 0.6 is 0 Å². The highest BCUT2D eigenvalue weighted by atomic mass is 16.3. The molecule has 0 aliphatic heterocycles. The van der Waals surface area contributed by atoms with Crippen LogP contribution in [0.3, 0.4) is 0 Å². The summed E-state index contributed by atoms with van der Waals surface area (Å²) in [6, 6.07) is 0.431. The van der Waals surface area contributed by atoms with Gasteiger partial charge in [0.15, 0.2) is 0 Å². The summed E-state index contributed by atoms with van der Waals surface area (Å²) in [5.74, 6) is 0.408. The maximum absolute atomic E-state index is 9.29. The monoisotopic (exact) mass is 224 g/mol. The van der Waals surface area contributed by atoms with Gasteiger partial charge in [-0.05, 0) is 18.8 Å². The molecule has 0 bridgehead atoms. The molecule has 1 saturated carbocycles. The van der Waals surface area contributed by atoms with Gasteiger partial charge in [-0.3, -0.25) is 4.68 Å². The quantitative estimate of drug-likeness (QED) is 0.779. The molecule has 2 rings (SSSR count). The van der Waals surface area contributed by atoms with Gasteiger partial charge in [0.25, 0.3) is 0 Å². The van der Waals surface area contributed by atoms with Crippen molar-refractivity contribution in [2.75, 3.05) is 6.61 Å². The van der Waals surface area contributed by atoms with Crippen molar-refractivity contribution in [1.82, 2.24) is 20.3 Å². The predicted molar refractivity (Wildman–Crippen MR) is 60.7 cm³/mol. The van der Waals surface area contributed by atoms with Crippen LogP contribution in [0.25, 0.3) is 0 Å². The number of hydrogen-bond donors (Lipinski definition) is 2. The molecule has 1 aliphatic rings. The number of nitrogens with zero attached hydrogens (tertiary/aromatic N) is 3. The Hall–Kier alpha value is -0.940. The first-order chi connectivity index (χ1) is 7.79. The van der Waals surface area contributed by atoms with Crippen molar-refractivity contribution in [1.29, 1.82) is 0 Å². The summed E-state index contributed by atoms with van der Waals surface area (Å²) in [4.78, 5) is 0. The number of hydrogen-bond acceptors (Lipinski definition) is 4. The van der Waals surface area contributed by atoms with E-state index in [2.05, 4.69) is 15.6 Å². The molecule has 90 valence electrons. The van der Waals surface area contributed by atoms with E-state index in [1.165, 1.54) is 12.8 Å². The lowest BCUT2D eigenvalue weighted by atomic mass is 9.85. The maximum atomic E-state index is 9.29. The molecule has 1 aromatic heterocycles. The summed E-state index contributed by atoms with van der Waals surface area (Å²) in [7, 11) is 1.87. The second kappa shape index (κ2) is 5.41. The fraction of sp³-hybridized carbons (Fsp3) is 0.818. The lowest BCUT2D eigenvalue weighted by Crippen LogP contribution is -2.39. The predicted octanol–water partition coefficient (Wildman–Crippen LogP) is 0.456. The van der Waals surface area contributed by atoms with Crippen LogP contribution in [0.5, 0.6) is 0 Å². The Balaban J connectivity index is 1.84. The Labute approximate surface area is 95.8 Å². The third kappa shape index (κ3) is 2.80. The smallest absolute Gasteiger partial charge is 0.0964 e. The Morgan fingerprint density at radius 3 is 3.00 bits per heavy atom. The number of rotatable bonds is 4. The Morgan fingerprint density at radius 1 is 1.50 bits per heavy atom. The van der Waals surface area contributed by atoms with E-state index in [1.807, 2.05) is 13.2 Å². The van der Waals surface area contributed by atoms with E-state index in [0.29, 0.717) is 12.0 Å². The van der Waals surface area contributed by atoms with Crippen LogP contribution in [-0.2, 0) is 13.6 Å². The molecule has 0 aromatic carbocycles. The molecular formula is C11H20N4O. The average molecular weight is 224 g/mol. The summed E-state index contributed by atoms with van der Waals surface area (Å²) >= 11 is 0. The van der Waals surface area contributed by atoms with Crippen LogP contribution < -0.4 is 5.32 Å². The summed E-state index contributed by atoms with van der Waals surface area (Å²) in [6.45, 7) is 1.03. The van der Waals surface area contributed by atoms with Crippen molar-refractivity contribution >= 4 is 0 Å². The second-order valence-corrected chi connectivity index (χ2v) is 4.60. The van der Waals surface area contributed by atoms with Crippen molar-refractivity contribution in [3.63, 3.8) is 0 Å². The van der Waals surface area contributed by atoms with Crippen molar-refractivity contribution in [3.05, 3.63) is 11.9 Å². The van der Waals surface area contributed by atoms with Gasteiger partial charge < -0.3 is 10.4 Å². The molecule has 2 unspecified atom stereocenters. The zero-order valence-corrected chi connectivity index (χ0v) is 9.76. The van der Waals surface area contributed by atoms with Crippen LogP contribution in [0.15, 0.2) is 6.20 Å². The van der Waals surface area contributed by atoms with E-state index in [0.717, 1.165) is 25.1 Å². The van der Waals surface area contributed by atoms with Crippen molar-refractivity contribution in [2.24, 2.45) is 13.0 Å². The highest BCUT2D eigenvalue weighted by Crippen LogP contribution is 2.24. The average Bonchev–Trinajstić information content (AvgIpc) is 2.73. The van der Waals surface area contributed by atoms with Gasteiger partial charge in [0.1, 0.15) is 0 Å². The van der Waals surface area contributed by atoms with Gasteiger partial charge in [0, 0.05) is 32.4 Å². The summed E-state index contributed by atoms with van der Waals surface area (Å²) in [5, 5.41) is 20.7. The first-order valence-corrected chi connectivity index (χ1v) is 5.99. The number of aryl methyl sites for hydroxylation is 1. The first kappa shape index (κ1) is 11.5. The molecule has 16 heavy (non-hydrogen) atoms. The third-order valence-corrected chi connectivity index (χ3v) is 3.34. The number of aromatic nitrogens is 3. The van der Waals surface area contributed by atoms with E-state index in [1.54, 1.807) is 4.68 Å². The fourth-order valence-electron chi connectivity index (χ4n) is 2.41. The maximum Gasteiger partial charge on any atom is 0.0964 e. The number of nitrogens with one attached hydrogen (secondary N) is 1. The van der Waals surface area contributed by atoms with Crippen LogP contribution in [0.1, 0.15) is 31.4 Å². The van der Waals surface area contributed by atoms with Crippen molar-refractivity contribution < 1.29 is 5.11 Å². The van der Waals surface area contributed by atoms with Gasteiger partial charge in [-0.2, -0.15) is 0 Å². The molecule has 0 amide bonds. The molecular weight excluding hydrogens is 204 g/mol. The molecule has 2 N–H and O–H groups in total. The van der Waals surface area contributed by atoms with Gasteiger partial charge in [0.2, 0.25) is 0 Å². The Kier molecular flexibility index (Phi) is 3.90. The zero-order chi connectivity index (χ0) is 11.4. The molecule has 1 fully saturated rings. The Morgan fingerprint density at radius 2 is 2.31 bits per heavy atom. The van der Waals surface area contributed by atoms with E-state index in [9.17, 15) is 5.11 Å². The topological polar surface area (TPSA) is 63.0 Å². The summed E-state index contributed by atoms with van der Waals surface area (Å²) < 4.78 is 1.71. The van der Waals surface area contributed by atoms with Crippen LogP contribution in [0.4, 0.5) is 0 Å². The third-order valence-electron chi connectivity index (χ3n) is 3.34. The van der Waals surface area contributed by atoms with Crippen molar-refractivity contribution in [3.8, 4) is 0 Å². The SMILES string of the molecule is Cn1cc(CNC2CCCCC2CO)nn1. The molecule has 1 aromatic rings. The summed E-state index contributed by atoms with van der Waals surface area (Å²) in [6.07, 6.45) is 6.72. The lowest BCUT2D eigenvalue weighted by Gasteiger charge is -2.30. The van der Waals surface area contributed by atoms with E-state index in [-0.39, 0.29) is 6.61 Å². The summed E-state index contributed by atoms with van der Waals surface area (Å²) in [5.41, 5.74) is 0.963. The highest BCUT2D eigenvalue weighted by molar-refractivity contribution is 4.92. The molecule has 1 aliphatic carbocycles. The largest absolute Gasteiger partial charge is 0.396 e. The first-order valence-electron chi connectivity index (χ1n) is 5.99. The molecule has 2 atom stereocenters. The number of aliphatic hydroxyl groups excluding tert-OH is 1. The van der Waals surface area contributed by atoms with Crippen molar-refractivity contribution in [2.45, 2.75) is 38.3 Å². The Bertz CT molecular complexity index is 326. The van der Waals surface area contributed by atoms with Gasteiger partial charge >= 0.3 is 0 Å². The minimum absolute atomic E-state index is 0.290. The fourth-order valence-corrected chi connectivity index (χ4v) is 2.41. The molecule has 5 heteroatoms. The minimum atomic E-state index is 0.290. The lowest BCUT2D eigenvalue weighted by molar-refractivity contribution is 0.152. The molecule has 0 radical (unpaired) electrons. The van der Waals surface area contributed by atoms with E-state index in [4.69, 9.17) is 0 Å². The van der Waals surface area contributed by atoms with E-state index < -0.39 is 0 Å². The number of aliphatic hydroxyl groups is 1. The van der Waals surface area contributed by atoms with Crippen LogP contribution in [0, 0.1) is 5.92 Å². The van der Waals surface area contributed by atoms with Gasteiger partial charge in [-0.25, -0.2) is 0 Å². The van der Waals surface area contributed by atoms with Gasteiger partial charge in [0.05, 0.1) is 5.69 Å². The molecule has 1 heterocycles. The molecule has 0 saturated heterocycles. The second-order valence-electron chi connectivity index (χ2n) is 4.60. The zero-order valence-electron chi connectivity index (χ0n) is 9.76. The van der Waals surface area contributed by atoms with Gasteiger partial charge in [-0.15, -0.1) is 5.10 Å². The van der Waals surface area contributed by atoms with Crippen LogP contribution in [0.2, 0.25) is 0 Å².